The topological polar surface area (TPSA) is 99.8 Å². The van der Waals surface area contributed by atoms with Gasteiger partial charge < -0.3 is 15.3 Å². The molecule has 2 fully saturated rings. The van der Waals surface area contributed by atoms with Crippen LogP contribution in [0.15, 0.2) is 24.7 Å². The van der Waals surface area contributed by atoms with Gasteiger partial charge >= 0.3 is 0 Å². The molecule has 0 saturated carbocycles. The van der Waals surface area contributed by atoms with Crippen molar-refractivity contribution in [3.63, 3.8) is 0 Å². The average molecular weight is 329 g/mol. The fraction of sp³-hybridized carbons (Fsp3) is 0.500. The van der Waals surface area contributed by atoms with Gasteiger partial charge in [-0.05, 0) is 25.3 Å². The number of carbonyl (C=O) groups excluding carboxylic acids is 2. The van der Waals surface area contributed by atoms with Gasteiger partial charge in [0, 0.05) is 32.0 Å². The van der Waals surface area contributed by atoms with Crippen LogP contribution in [0.1, 0.15) is 29.6 Å². The fourth-order valence-electron chi connectivity index (χ4n) is 3.77. The second-order valence-electron chi connectivity index (χ2n) is 6.49. The first-order valence-corrected chi connectivity index (χ1v) is 8.16. The average Bonchev–Trinajstić information content (AvgIpc) is 3.03. The van der Waals surface area contributed by atoms with E-state index in [1.807, 2.05) is 0 Å². The SMILES string of the molecule is O=C(c1cnn2cccnc12)N1CC[C@H](O)[C@@]2(CCCNC2=O)C1. The Morgan fingerprint density at radius 3 is 3.17 bits per heavy atom. The molecule has 8 heteroatoms. The highest BCUT2D eigenvalue weighted by Gasteiger charge is 2.50. The van der Waals surface area contributed by atoms with E-state index in [-0.39, 0.29) is 18.4 Å². The van der Waals surface area contributed by atoms with Crippen LogP contribution < -0.4 is 5.32 Å². The Morgan fingerprint density at radius 2 is 2.33 bits per heavy atom. The predicted octanol–water partition coefficient (Wildman–Crippen LogP) is -0.167. The van der Waals surface area contributed by atoms with E-state index in [9.17, 15) is 14.7 Å². The molecule has 2 N–H and O–H groups in total. The van der Waals surface area contributed by atoms with E-state index in [1.165, 1.54) is 6.20 Å². The van der Waals surface area contributed by atoms with E-state index in [0.717, 1.165) is 6.42 Å². The lowest BCUT2D eigenvalue weighted by atomic mass is 9.71. The van der Waals surface area contributed by atoms with Gasteiger partial charge in [0.15, 0.2) is 5.65 Å². The number of aromatic nitrogens is 3. The number of hydrogen-bond acceptors (Lipinski definition) is 5. The quantitative estimate of drug-likeness (QED) is 0.757. The van der Waals surface area contributed by atoms with E-state index in [4.69, 9.17) is 0 Å². The van der Waals surface area contributed by atoms with Gasteiger partial charge in [-0.2, -0.15) is 5.10 Å². The highest BCUT2D eigenvalue weighted by Crippen LogP contribution is 2.37. The van der Waals surface area contributed by atoms with Crippen LogP contribution in [0.3, 0.4) is 0 Å². The smallest absolute Gasteiger partial charge is 0.259 e. The highest BCUT2D eigenvalue weighted by atomic mass is 16.3. The summed E-state index contributed by atoms with van der Waals surface area (Å²) in [4.78, 5) is 31.2. The summed E-state index contributed by atoms with van der Waals surface area (Å²) in [6, 6.07) is 1.74. The summed E-state index contributed by atoms with van der Waals surface area (Å²) in [5.41, 5.74) is 0.0110. The van der Waals surface area contributed by atoms with Crippen LogP contribution in [0.4, 0.5) is 0 Å². The van der Waals surface area contributed by atoms with Crippen molar-refractivity contribution in [3.05, 3.63) is 30.2 Å². The molecule has 24 heavy (non-hydrogen) atoms. The lowest BCUT2D eigenvalue weighted by molar-refractivity contribution is -0.147. The van der Waals surface area contributed by atoms with Gasteiger partial charge in [-0.3, -0.25) is 9.59 Å². The molecule has 0 aromatic carbocycles. The maximum atomic E-state index is 12.9. The number of likely N-dealkylation sites (tertiary alicyclic amines) is 1. The van der Waals surface area contributed by atoms with E-state index in [1.54, 1.807) is 27.9 Å². The zero-order valence-corrected chi connectivity index (χ0v) is 13.2. The molecule has 0 aliphatic carbocycles. The number of aliphatic hydroxyl groups excluding tert-OH is 1. The summed E-state index contributed by atoms with van der Waals surface area (Å²) in [7, 11) is 0. The molecule has 4 rings (SSSR count). The molecule has 2 saturated heterocycles. The summed E-state index contributed by atoms with van der Waals surface area (Å²) < 4.78 is 1.55. The minimum Gasteiger partial charge on any atom is -0.392 e. The number of aliphatic hydroxyl groups is 1. The molecule has 126 valence electrons. The Morgan fingerprint density at radius 1 is 1.46 bits per heavy atom. The Hall–Kier alpha value is -2.48. The number of fused-ring (bicyclic) bond motifs is 1. The number of hydrogen-bond donors (Lipinski definition) is 2. The van der Waals surface area contributed by atoms with Gasteiger partial charge in [0.05, 0.1) is 17.7 Å². The first-order chi connectivity index (χ1) is 11.6. The fourth-order valence-corrected chi connectivity index (χ4v) is 3.77. The summed E-state index contributed by atoms with van der Waals surface area (Å²) in [5.74, 6) is -0.356. The molecule has 2 aromatic heterocycles. The first-order valence-electron chi connectivity index (χ1n) is 8.16. The van der Waals surface area contributed by atoms with Gasteiger partial charge in [-0.15, -0.1) is 0 Å². The number of nitrogens with zero attached hydrogens (tertiary/aromatic N) is 4. The van der Waals surface area contributed by atoms with Crippen molar-refractivity contribution in [1.29, 1.82) is 0 Å². The normalized spacial score (nSPS) is 27.5. The Balaban J connectivity index is 1.64. The minimum atomic E-state index is -0.900. The zero-order chi connectivity index (χ0) is 16.7. The second kappa shape index (κ2) is 5.55. The van der Waals surface area contributed by atoms with Crippen molar-refractivity contribution in [3.8, 4) is 0 Å². The van der Waals surface area contributed by atoms with Crippen LogP contribution >= 0.6 is 0 Å². The molecule has 0 unspecified atom stereocenters. The molecule has 2 amide bonds. The third-order valence-electron chi connectivity index (χ3n) is 5.12. The van der Waals surface area contributed by atoms with Crippen molar-refractivity contribution in [2.45, 2.75) is 25.4 Å². The molecule has 0 bridgehead atoms. The van der Waals surface area contributed by atoms with Crippen molar-refractivity contribution in [2.24, 2.45) is 5.41 Å². The van der Waals surface area contributed by atoms with Crippen LogP contribution in [0, 0.1) is 5.41 Å². The van der Waals surface area contributed by atoms with E-state index in [2.05, 4.69) is 15.4 Å². The molecule has 4 heterocycles. The molecule has 1 spiro atoms. The summed E-state index contributed by atoms with van der Waals surface area (Å²) >= 11 is 0. The van der Waals surface area contributed by atoms with Crippen LogP contribution in [-0.4, -0.2) is 62.2 Å². The third kappa shape index (κ3) is 2.17. The van der Waals surface area contributed by atoms with Crippen molar-refractivity contribution in [2.75, 3.05) is 19.6 Å². The molecule has 0 radical (unpaired) electrons. The third-order valence-corrected chi connectivity index (χ3v) is 5.12. The largest absolute Gasteiger partial charge is 0.392 e. The lowest BCUT2D eigenvalue weighted by Gasteiger charge is -2.46. The van der Waals surface area contributed by atoms with Gasteiger partial charge in [0.1, 0.15) is 5.56 Å². The standard InChI is InChI=1S/C16H19N5O3/c22-12-3-8-20(10-16(12)4-1-5-18-15(16)24)14(23)11-9-19-21-7-2-6-17-13(11)21/h2,6-7,9,12,22H,1,3-5,8,10H2,(H,18,24)/t12-,16+/m0/s1. The van der Waals surface area contributed by atoms with E-state index in [0.29, 0.717) is 37.1 Å². The molecular weight excluding hydrogens is 310 g/mol. The van der Waals surface area contributed by atoms with Crippen LogP contribution in [0.5, 0.6) is 0 Å². The predicted molar refractivity (Wildman–Crippen MR) is 84.2 cm³/mol. The summed E-state index contributed by atoms with van der Waals surface area (Å²) in [5, 5.41) is 17.4. The molecular formula is C16H19N5O3. The number of rotatable bonds is 1. The lowest BCUT2D eigenvalue weighted by Crippen LogP contribution is -2.62. The Labute approximate surface area is 138 Å². The van der Waals surface area contributed by atoms with Crippen molar-refractivity contribution in [1.82, 2.24) is 24.8 Å². The van der Waals surface area contributed by atoms with Crippen molar-refractivity contribution >= 4 is 17.5 Å². The van der Waals surface area contributed by atoms with Crippen molar-refractivity contribution < 1.29 is 14.7 Å². The molecule has 2 aliphatic rings. The molecule has 2 atom stereocenters. The van der Waals surface area contributed by atoms with E-state index < -0.39 is 11.5 Å². The second-order valence-corrected chi connectivity index (χ2v) is 6.49. The maximum absolute atomic E-state index is 12.9. The molecule has 2 aromatic rings. The van der Waals surface area contributed by atoms with Gasteiger partial charge in [0.25, 0.3) is 5.91 Å². The van der Waals surface area contributed by atoms with Gasteiger partial charge in [-0.25, -0.2) is 9.50 Å². The first kappa shape index (κ1) is 15.1. The van der Waals surface area contributed by atoms with Gasteiger partial charge in [0.2, 0.25) is 5.91 Å². The zero-order valence-electron chi connectivity index (χ0n) is 13.2. The monoisotopic (exact) mass is 329 g/mol. The number of nitrogens with one attached hydrogen (secondary N) is 1. The number of piperidine rings is 2. The summed E-state index contributed by atoms with van der Waals surface area (Å²) in [6.45, 7) is 1.27. The van der Waals surface area contributed by atoms with Crippen LogP contribution in [-0.2, 0) is 4.79 Å². The number of carbonyl (C=O) groups is 2. The van der Waals surface area contributed by atoms with Crippen LogP contribution in [0.25, 0.3) is 5.65 Å². The Kier molecular flexibility index (Phi) is 3.49. The Bertz CT molecular complexity index is 804. The van der Waals surface area contributed by atoms with E-state index >= 15 is 0 Å². The minimum absolute atomic E-state index is 0.156. The maximum Gasteiger partial charge on any atom is 0.259 e. The number of amides is 2. The molecule has 8 nitrogen and oxygen atoms in total. The summed E-state index contributed by atoms with van der Waals surface area (Å²) in [6.07, 6.45) is 5.93. The molecule has 2 aliphatic heterocycles. The van der Waals surface area contributed by atoms with Gasteiger partial charge in [-0.1, -0.05) is 0 Å². The highest BCUT2D eigenvalue weighted by molar-refractivity contribution is 6.00. The van der Waals surface area contributed by atoms with Crippen LogP contribution in [0.2, 0.25) is 0 Å².